The SMILES string of the molecule is CCCNC(=O)Cn1cc(C(=O)OCC)c(-c2ccco2)n1. The fourth-order valence-corrected chi connectivity index (χ4v) is 1.92. The van der Waals surface area contributed by atoms with E-state index in [0.29, 0.717) is 18.0 Å². The van der Waals surface area contributed by atoms with E-state index in [9.17, 15) is 9.59 Å². The lowest BCUT2D eigenvalue weighted by Gasteiger charge is -2.02. The largest absolute Gasteiger partial charge is 0.463 e. The molecule has 22 heavy (non-hydrogen) atoms. The molecule has 2 aromatic heterocycles. The maximum atomic E-state index is 12.0. The van der Waals surface area contributed by atoms with Gasteiger partial charge in [-0.2, -0.15) is 5.10 Å². The zero-order valence-corrected chi connectivity index (χ0v) is 12.7. The smallest absolute Gasteiger partial charge is 0.342 e. The van der Waals surface area contributed by atoms with Crippen LogP contribution in [0.2, 0.25) is 0 Å². The summed E-state index contributed by atoms with van der Waals surface area (Å²) < 4.78 is 11.7. The van der Waals surface area contributed by atoms with Crippen LogP contribution >= 0.6 is 0 Å². The molecule has 1 N–H and O–H groups in total. The van der Waals surface area contributed by atoms with Gasteiger partial charge < -0.3 is 14.5 Å². The van der Waals surface area contributed by atoms with Crippen LogP contribution in [0.1, 0.15) is 30.6 Å². The predicted octanol–water partition coefficient (Wildman–Crippen LogP) is 1.85. The van der Waals surface area contributed by atoms with Crippen molar-refractivity contribution in [3.8, 4) is 11.5 Å². The van der Waals surface area contributed by atoms with E-state index < -0.39 is 5.97 Å². The highest BCUT2D eigenvalue weighted by molar-refractivity contribution is 5.95. The monoisotopic (exact) mass is 305 g/mol. The summed E-state index contributed by atoms with van der Waals surface area (Å²) in [5.41, 5.74) is 0.645. The van der Waals surface area contributed by atoms with E-state index >= 15 is 0 Å². The first-order valence-electron chi connectivity index (χ1n) is 7.20. The molecule has 0 bridgehead atoms. The number of amides is 1. The molecule has 7 heteroatoms. The minimum atomic E-state index is -0.492. The third-order valence-electron chi connectivity index (χ3n) is 2.89. The summed E-state index contributed by atoms with van der Waals surface area (Å²) in [6.45, 7) is 4.61. The van der Waals surface area contributed by atoms with E-state index in [0.717, 1.165) is 6.42 Å². The van der Waals surface area contributed by atoms with E-state index in [-0.39, 0.29) is 24.6 Å². The predicted molar refractivity (Wildman–Crippen MR) is 79.2 cm³/mol. The lowest BCUT2D eigenvalue weighted by molar-refractivity contribution is -0.121. The van der Waals surface area contributed by atoms with Gasteiger partial charge in [0.2, 0.25) is 5.91 Å². The van der Waals surface area contributed by atoms with Gasteiger partial charge in [-0.15, -0.1) is 0 Å². The second kappa shape index (κ2) is 7.44. The van der Waals surface area contributed by atoms with Gasteiger partial charge in [-0.1, -0.05) is 6.92 Å². The first-order chi connectivity index (χ1) is 10.7. The van der Waals surface area contributed by atoms with Gasteiger partial charge in [-0.3, -0.25) is 9.48 Å². The van der Waals surface area contributed by atoms with Crippen LogP contribution in [0.25, 0.3) is 11.5 Å². The molecular weight excluding hydrogens is 286 g/mol. The maximum Gasteiger partial charge on any atom is 0.342 e. The lowest BCUT2D eigenvalue weighted by Crippen LogP contribution is -2.28. The minimum Gasteiger partial charge on any atom is -0.463 e. The molecule has 0 atom stereocenters. The third-order valence-corrected chi connectivity index (χ3v) is 2.89. The fraction of sp³-hybridized carbons (Fsp3) is 0.400. The van der Waals surface area contributed by atoms with Crippen LogP contribution in [-0.2, 0) is 16.1 Å². The first kappa shape index (κ1) is 15.8. The number of aromatic nitrogens is 2. The molecule has 0 spiro atoms. The second-order valence-electron chi connectivity index (χ2n) is 4.64. The van der Waals surface area contributed by atoms with Gasteiger partial charge in [-0.25, -0.2) is 4.79 Å². The molecule has 2 aromatic rings. The van der Waals surface area contributed by atoms with Gasteiger partial charge in [0.15, 0.2) is 5.76 Å². The molecule has 2 heterocycles. The Morgan fingerprint density at radius 2 is 2.23 bits per heavy atom. The molecule has 0 aliphatic heterocycles. The van der Waals surface area contributed by atoms with Gasteiger partial charge in [0.05, 0.1) is 12.9 Å². The molecule has 0 aliphatic carbocycles. The number of esters is 1. The molecular formula is C15H19N3O4. The molecule has 7 nitrogen and oxygen atoms in total. The van der Waals surface area contributed by atoms with Crippen LogP contribution in [-0.4, -0.2) is 34.8 Å². The van der Waals surface area contributed by atoms with Crippen LogP contribution in [0.15, 0.2) is 29.0 Å². The second-order valence-corrected chi connectivity index (χ2v) is 4.64. The van der Waals surface area contributed by atoms with Crippen molar-refractivity contribution in [1.29, 1.82) is 0 Å². The summed E-state index contributed by atoms with van der Waals surface area (Å²) in [5.74, 6) is -0.198. The molecule has 0 saturated carbocycles. The average molecular weight is 305 g/mol. The van der Waals surface area contributed by atoms with Crippen molar-refractivity contribution >= 4 is 11.9 Å². The number of hydrogen-bond donors (Lipinski definition) is 1. The zero-order valence-electron chi connectivity index (χ0n) is 12.7. The lowest BCUT2D eigenvalue weighted by atomic mass is 10.2. The highest BCUT2D eigenvalue weighted by Crippen LogP contribution is 2.23. The minimum absolute atomic E-state index is 0.0348. The number of carbonyl (C=O) groups excluding carboxylic acids is 2. The fourth-order valence-electron chi connectivity index (χ4n) is 1.92. The number of carbonyl (C=O) groups is 2. The van der Waals surface area contributed by atoms with Crippen molar-refractivity contribution in [2.45, 2.75) is 26.8 Å². The summed E-state index contributed by atoms with van der Waals surface area (Å²) >= 11 is 0. The van der Waals surface area contributed by atoms with Crippen molar-refractivity contribution in [1.82, 2.24) is 15.1 Å². The number of ether oxygens (including phenoxy) is 1. The van der Waals surface area contributed by atoms with E-state index in [1.165, 1.54) is 17.1 Å². The van der Waals surface area contributed by atoms with Gasteiger partial charge in [-0.05, 0) is 25.5 Å². The Morgan fingerprint density at radius 1 is 1.41 bits per heavy atom. The third kappa shape index (κ3) is 3.75. The van der Waals surface area contributed by atoms with Crippen LogP contribution in [0.4, 0.5) is 0 Å². The van der Waals surface area contributed by atoms with Crippen molar-refractivity contribution in [2.24, 2.45) is 0 Å². The topological polar surface area (TPSA) is 86.4 Å². The van der Waals surface area contributed by atoms with Crippen LogP contribution < -0.4 is 5.32 Å². The Hall–Kier alpha value is -2.57. The van der Waals surface area contributed by atoms with Gasteiger partial charge >= 0.3 is 5.97 Å². The number of nitrogens with zero attached hydrogens (tertiary/aromatic N) is 2. The Bertz CT molecular complexity index is 631. The van der Waals surface area contributed by atoms with Gasteiger partial charge in [0.1, 0.15) is 17.8 Å². The number of furan rings is 1. The highest BCUT2D eigenvalue weighted by Gasteiger charge is 2.21. The van der Waals surface area contributed by atoms with Crippen molar-refractivity contribution in [2.75, 3.05) is 13.2 Å². The number of hydrogen-bond acceptors (Lipinski definition) is 5. The highest BCUT2D eigenvalue weighted by atomic mass is 16.5. The van der Waals surface area contributed by atoms with Crippen molar-refractivity contribution in [3.63, 3.8) is 0 Å². The molecule has 0 saturated heterocycles. The van der Waals surface area contributed by atoms with Crippen LogP contribution in [0.3, 0.4) is 0 Å². The van der Waals surface area contributed by atoms with Crippen molar-refractivity contribution < 1.29 is 18.7 Å². The van der Waals surface area contributed by atoms with E-state index in [1.54, 1.807) is 19.1 Å². The quantitative estimate of drug-likeness (QED) is 0.789. The summed E-state index contributed by atoms with van der Waals surface area (Å²) in [5, 5.41) is 7.02. The molecule has 1 amide bonds. The van der Waals surface area contributed by atoms with Crippen LogP contribution in [0, 0.1) is 0 Å². The van der Waals surface area contributed by atoms with Gasteiger partial charge in [0, 0.05) is 12.7 Å². The number of rotatable bonds is 7. The molecule has 2 rings (SSSR count). The first-order valence-corrected chi connectivity index (χ1v) is 7.20. The van der Waals surface area contributed by atoms with Crippen molar-refractivity contribution in [3.05, 3.63) is 30.2 Å². The molecule has 118 valence electrons. The Balaban J connectivity index is 2.24. The Labute approximate surface area is 128 Å². The molecule has 0 aliphatic rings. The number of nitrogens with one attached hydrogen (secondary N) is 1. The summed E-state index contributed by atoms with van der Waals surface area (Å²) in [6.07, 6.45) is 3.86. The normalized spacial score (nSPS) is 10.5. The summed E-state index contributed by atoms with van der Waals surface area (Å²) in [6, 6.07) is 3.41. The molecule has 0 fully saturated rings. The zero-order chi connectivity index (χ0) is 15.9. The standard InChI is InChI=1S/C15H19N3O4/c1-3-7-16-13(19)10-18-9-11(15(20)21-4-2)14(17-18)12-6-5-8-22-12/h5-6,8-9H,3-4,7,10H2,1-2H3,(H,16,19). The molecule has 0 radical (unpaired) electrons. The van der Waals surface area contributed by atoms with Gasteiger partial charge in [0.25, 0.3) is 0 Å². The Morgan fingerprint density at radius 3 is 2.86 bits per heavy atom. The molecule has 0 aromatic carbocycles. The van der Waals surface area contributed by atoms with Crippen LogP contribution in [0.5, 0.6) is 0 Å². The molecule has 0 unspecified atom stereocenters. The Kier molecular flexibility index (Phi) is 5.35. The van der Waals surface area contributed by atoms with E-state index in [4.69, 9.17) is 9.15 Å². The average Bonchev–Trinajstić information content (AvgIpc) is 3.14. The summed E-state index contributed by atoms with van der Waals surface area (Å²) in [7, 11) is 0. The maximum absolute atomic E-state index is 12.0. The summed E-state index contributed by atoms with van der Waals surface area (Å²) in [4.78, 5) is 23.8. The van der Waals surface area contributed by atoms with E-state index in [1.807, 2.05) is 6.92 Å². The van der Waals surface area contributed by atoms with E-state index in [2.05, 4.69) is 10.4 Å².